The lowest BCUT2D eigenvalue weighted by atomic mass is 10.2. The Morgan fingerprint density at radius 1 is 1.45 bits per heavy atom. The number of hydrogen-bond donors (Lipinski definition) is 1. The fourth-order valence-electron chi connectivity index (χ4n) is 2.50. The molecule has 22 heavy (non-hydrogen) atoms. The molecule has 1 fully saturated rings. The molecule has 6 nitrogen and oxygen atoms in total. The van der Waals surface area contributed by atoms with Crippen molar-refractivity contribution in [2.24, 2.45) is 0 Å². The van der Waals surface area contributed by atoms with Crippen molar-refractivity contribution in [3.63, 3.8) is 0 Å². The molecule has 1 unspecified atom stereocenters. The van der Waals surface area contributed by atoms with E-state index in [9.17, 15) is 14.9 Å². The van der Waals surface area contributed by atoms with Crippen molar-refractivity contribution < 1.29 is 9.72 Å². The number of likely N-dealkylation sites (N-methyl/N-ethyl adjacent to an activating group) is 1. The fraction of sp³-hybridized carbons (Fsp3) is 0.500. The van der Waals surface area contributed by atoms with Gasteiger partial charge in [-0.15, -0.1) is 24.2 Å². The van der Waals surface area contributed by atoms with E-state index >= 15 is 0 Å². The molecule has 0 bridgehead atoms. The van der Waals surface area contributed by atoms with Crippen LogP contribution in [0, 0.1) is 10.1 Å². The molecule has 1 aromatic rings. The van der Waals surface area contributed by atoms with Gasteiger partial charge in [-0.1, -0.05) is 0 Å². The van der Waals surface area contributed by atoms with E-state index in [-0.39, 0.29) is 24.0 Å². The van der Waals surface area contributed by atoms with Crippen LogP contribution in [0.3, 0.4) is 0 Å². The number of thioether (sulfide) groups is 1. The van der Waals surface area contributed by atoms with Crippen molar-refractivity contribution in [3.8, 4) is 0 Å². The average Bonchev–Trinajstić information content (AvgIpc) is 2.94. The quantitative estimate of drug-likeness (QED) is 0.486. The van der Waals surface area contributed by atoms with Crippen LogP contribution in [0.25, 0.3) is 0 Å². The molecule has 1 heterocycles. The van der Waals surface area contributed by atoms with Crippen LogP contribution < -0.4 is 5.32 Å². The zero-order chi connectivity index (χ0) is 15.2. The number of amides is 1. The zero-order valence-electron chi connectivity index (χ0n) is 12.4. The Morgan fingerprint density at radius 3 is 2.73 bits per heavy atom. The third-order valence-corrected chi connectivity index (χ3v) is 4.54. The van der Waals surface area contributed by atoms with Gasteiger partial charge in [0, 0.05) is 36.2 Å². The van der Waals surface area contributed by atoms with Crippen LogP contribution in [0.2, 0.25) is 0 Å². The summed E-state index contributed by atoms with van der Waals surface area (Å²) < 4.78 is 0. The predicted octanol–water partition coefficient (Wildman–Crippen LogP) is 2.32. The number of hydrogen-bond acceptors (Lipinski definition) is 5. The van der Waals surface area contributed by atoms with Crippen molar-refractivity contribution in [2.45, 2.75) is 23.8 Å². The summed E-state index contributed by atoms with van der Waals surface area (Å²) in [5, 5.41) is 13.7. The number of rotatable bonds is 6. The van der Waals surface area contributed by atoms with Gasteiger partial charge in [0.05, 0.1) is 10.7 Å². The number of nitrogens with zero attached hydrogens (tertiary/aromatic N) is 2. The summed E-state index contributed by atoms with van der Waals surface area (Å²) in [5.74, 6) is 0.508. The maximum atomic E-state index is 12.2. The van der Waals surface area contributed by atoms with Crippen molar-refractivity contribution in [3.05, 3.63) is 34.4 Å². The number of carbonyl (C=O) groups excluding carboxylic acids is 1. The van der Waals surface area contributed by atoms with Crippen LogP contribution in [0.1, 0.15) is 12.8 Å². The van der Waals surface area contributed by atoms with Gasteiger partial charge in [-0.05, 0) is 32.0 Å². The van der Waals surface area contributed by atoms with E-state index in [4.69, 9.17) is 0 Å². The van der Waals surface area contributed by atoms with Crippen molar-refractivity contribution >= 4 is 35.8 Å². The van der Waals surface area contributed by atoms with Crippen LogP contribution in [-0.4, -0.2) is 47.7 Å². The second-order valence-corrected chi connectivity index (χ2v) is 6.03. The van der Waals surface area contributed by atoms with E-state index in [0.717, 1.165) is 30.8 Å². The molecule has 0 radical (unpaired) electrons. The first-order valence-corrected chi connectivity index (χ1v) is 7.91. The summed E-state index contributed by atoms with van der Waals surface area (Å²) in [4.78, 5) is 25.2. The Bertz CT molecular complexity index is 513. The standard InChI is InChI=1S/C14H19N3O3S.ClH/c1-15-9-12-3-2-8-16(12)14(18)10-21-13-6-4-11(5-7-13)17(19)20;/h4-7,12,15H,2-3,8-10H2,1H3;1H. The van der Waals surface area contributed by atoms with Gasteiger partial charge in [0.1, 0.15) is 0 Å². The highest BCUT2D eigenvalue weighted by molar-refractivity contribution is 8.00. The molecule has 1 saturated heterocycles. The van der Waals surface area contributed by atoms with Crippen LogP contribution in [0.4, 0.5) is 5.69 Å². The van der Waals surface area contributed by atoms with Gasteiger partial charge in [0.2, 0.25) is 5.91 Å². The summed E-state index contributed by atoms with van der Waals surface area (Å²) in [6, 6.07) is 6.59. The second kappa shape index (κ2) is 8.97. The lowest BCUT2D eigenvalue weighted by Crippen LogP contribution is -2.41. The Hall–Kier alpha value is -1.31. The number of likely N-dealkylation sites (tertiary alicyclic amines) is 1. The molecule has 8 heteroatoms. The molecule has 1 amide bonds. The van der Waals surface area contributed by atoms with Gasteiger partial charge in [-0.3, -0.25) is 14.9 Å². The van der Waals surface area contributed by atoms with Gasteiger partial charge in [0.25, 0.3) is 5.69 Å². The first kappa shape index (κ1) is 18.7. The number of nitrogens with one attached hydrogen (secondary N) is 1. The van der Waals surface area contributed by atoms with Gasteiger partial charge >= 0.3 is 0 Å². The van der Waals surface area contributed by atoms with Gasteiger partial charge in [-0.25, -0.2) is 0 Å². The normalized spacial score (nSPS) is 17.1. The third kappa shape index (κ3) is 4.86. The Labute approximate surface area is 140 Å². The molecule has 1 atom stereocenters. The van der Waals surface area contributed by atoms with Crippen LogP contribution in [0.5, 0.6) is 0 Å². The maximum Gasteiger partial charge on any atom is 0.269 e. The number of benzene rings is 1. The van der Waals surface area contributed by atoms with E-state index in [0.29, 0.717) is 11.8 Å². The molecule has 0 saturated carbocycles. The molecule has 0 aromatic heterocycles. The summed E-state index contributed by atoms with van der Waals surface area (Å²) in [7, 11) is 1.90. The molecular weight excluding hydrogens is 326 g/mol. The minimum atomic E-state index is -0.424. The minimum Gasteiger partial charge on any atom is -0.338 e. The number of non-ortho nitro benzene ring substituents is 1. The largest absolute Gasteiger partial charge is 0.338 e. The second-order valence-electron chi connectivity index (χ2n) is 4.98. The van der Waals surface area contributed by atoms with Gasteiger partial charge in [0.15, 0.2) is 0 Å². The number of carbonyl (C=O) groups is 1. The van der Waals surface area contributed by atoms with Crippen LogP contribution >= 0.6 is 24.2 Å². The lowest BCUT2D eigenvalue weighted by molar-refractivity contribution is -0.384. The van der Waals surface area contributed by atoms with Crippen molar-refractivity contribution in [1.82, 2.24) is 10.2 Å². The summed E-state index contributed by atoms with van der Waals surface area (Å²) in [6.45, 7) is 1.65. The zero-order valence-corrected chi connectivity index (χ0v) is 14.0. The first-order chi connectivity index (χ1) is 10.1. The van der Waals surface area contributed by atoms with Crippen molar-refractivity contribution in [2.75, 3.05) is 25.9 Å². The number of nitro groups is 1. The first-order valence-electron chi connectivity index (χ1n) is 6.93. The number of halogens is 1. The molecule has 0 spiro atoms. The lowest BCUT2D eigenvalue weighted by Gasteiger charge is -2.24. The number of nitro benzene ring substituents is 1. The van der Waals surface area contributed by atoms with E-state index in [1.54, 1.807) is 12.1 Å². The van der Waals surface area contributed by atoms with E-state index in [1.807, 2.05) is 11.9 Å². The molecular formula is C14H20ClN3O3S. The highest BCUT2D eigenvalue weighted by atomic mass is 35.5. The smallest absolute Gasteiger partial charge is 0.269 e. The molecule has 122 valence electrons. The summed E-state index contributed by atoms with van der Waals surface area (Å²) >= 11 is 1.42. The van der Waals surface area contributed by atoms with E-state index in [2.05, 4.69) is 5.32 Å². The van der Waals surface area contributed by atoms with Gasteiger partial charge in [-0.2, -0.15) is 0 Å². The Morgan fingerprint density at radius 2 is 2.14 bits per heavy atom. The van der Waals surface area contributed by atoms with Crippen molar-refractivity contribution in [1.29, 1.82) is 0 Å². The third-order valence-electron chi connectivity index (χ3n) is 3.55. The van der Waals surface area contributed by atoms with Gasteiger partial charge < -0.3 is 10.2 Å². The molecule has 1 aromatic carbocycles. The average molecular weight is 346 g/mol. The Balaban J connectivity index is 0.00000242. The predicted molar refractivity (Wildman–Crippen MR) is 89.7 cm³/mol. The SMILES string of the molecule is CNCC1CCCN1C(=O)CSc1ccc([N+](=O)[O-])cc1.Cl. The molecule has 1 aliphatic rings. The van der Waals surface area contributed by atoms with E-state index in [1.165, 1.54) is 23.9 Å². The summed E-state index contributed by atoms with van der Waals surface area (Å²) in [5.41, 5.74) is 0.0688. The monoisotopic (exact) mass is 345 g/mol. The Kier molecular flexibility index (Phi) is 7.64. The van der Waals surface area contributed by atoms with Crippen LogP contribution in [-0.2, 0) is 4.79 Å². The fourth-order valence-corrected chi connectivity index (χ4v) is 3.29. The van der Waals surface area contributed by atoms with Crippen LogP contribution in [0.15, 0.2) is 29.2 Å². The van der Waals surface area contributed by atoms with E-state index < -0.39 is 4.92 Å². The highest BCUT2D eigenvalue weighted by Crippen LogP contribution is 2.23. The molecule has 1 N–H and O–H groups in total. The topological polar surface area (TPSA) is 75.5 Å². The summed E-state index contributed by atoms with van der Waals surface area (Å²) in [6.07, 6.45) is 2.11. The molecule has 2 rings (SSSR count). The molecule has 0 aliphatic carbocycles. The minimum absolute atomic E-state index is 0. The maximum absolute atomic E-state index is 12.2. The highest BCUT2D eigenvalue weighted by Gasteiger charge is 2.27. The molecule has 1 aliphatic heterocycles.